The van der Waals surface area contributed by atoms with Gasteiger partial charge in [0.15, 0.2) is 5.78 Å². The molecule has 0 saturated carbocycles. The summed E-state index contributed by atoms with van der Waals surface area (Å²) in [5.41, 5.74) is -3.11. The van der Waals surface area contributed by atoms with Crippen molar-refractivity contribution in [2.45, 2.75) is 18.5 Å². The maximum Gasteiger partial charge on any atom is 0.246 e. The zero-order valence-electron chi connectivity index (χ0n) is 12.3. The Bertz CT molecular complexity index is 713. The number of rotatable bonds is 7. The van der Waals surface area contributed by atoms with Crippen LogP contribution in [0.4, 0.5) is 4.39 Å². The molecule has 2 aromatic rings. The van der Waals surface area contributed by atoms with Crippen LogP contribution in [-0.2, 0) is 4.79 Å². The average molecular weight is 319 g/mol. The van der Waals surface area contributed by atoms with Gasteiger partial charge in [0.1, 0.15) is 11.7 Å². The van der Waals surface area contributed by atoms with Crippen molar-refractivity contribution in [3.8, 4) is 0 Å². The van der Waals surface area contributed by atoms with Gasteiger partial charge >= 0.3 is 0 Å². The molecule has 23 heavy (non-hydrogen) atoms. The number of carbonyl (C=O) groups excluding carboxylic acids is 2. The number of nitrogens with zero attached hydrogens (tertiary/aromatic N) is 1. The van der Waals surface area contributed by atoms with Gasteiger partial charge in [-0.3, -0.25) is 19.7 Å². The number of halogens is 1. The van der Waals surface area contributed by atoms with E-state index in [-0.39, 0.29) is 11.3 Å². The van der Waals surface area contributed by atoms with Gasteiger partial charge in [0, 0.05) is 10.5 Å². The molecule has 1 aromatic heterocycles. The highest BCUT2D eigenvalue weighted by atomic mass is 19.1. The summed E-state index contributed by atoms with van der Waals surface area (Å²) in [4.78, 5) is 34.6. The van der Waals surface area contributed by atoms with Crippen LogP contribution < -0.4 is 0 Å². The van der Waals surface area contributed by atoms with E-state index in [1.54, 1.807) is 6.07 Å². The SMILES string of the molecule is CC(=O)[C@](F)(C(=O)c1ccccc1)[C@@H](C[N+](=O)[O-])c1ccco1. The largest absolute Gasteiger partial charge is 0.469 e. The van der Waals surface area contributed by atoms with Crippen LogP contribution in [0.25, 0.3) is 0 Å². The molecule has 0 aliphatic rings. The van der Waals surface area contributed by atoms with Crippen molar-refractivity contribution in [2.24, 2.45) is 0 Å². The third-order valence-electron chi connectivity index (χ3n) is 3.58. The van der Waals surface area contributed by atoms with Gasteiger partial charge in [-0.1, -0.05) is 30.3 Å². The van der Waals surface area contributed by atoms with E-state index >= 15 is 4.39 Å². The summed E-state index contributed by atoms with van der Waals surface area (Å²) in [5, 5.41) is 10.9. The van der Waals surface area contributed by atoms with Crippen molar-refractivity contribution < 1.29 is 23.3 Å². The second kappa shape index (κ2) is 6.51. The normalized spacial score (nSPS) is 14.7. The highest BCUT2D eigenvalue weighted by molar-refractivity contribution is 6.17. The standard InChI is InChI=1S/C16H14FNO5/c1-11(19)16(17,15(20)12-6-3-2-4-7-12)13(10-18(21)22)14-8-5-9-23-14/h2-9,13H,10H2,1H3/t13-,16+/m0/s1. The number of hydrogen-bond donors (Lipinski definition) is 0. The molecule has 0 aliphatic heterocycles. The topological polar surface area (TPSA) is 90.4 Å². The molecule has 0 spiro atoms. The van der Waals surface area contributed by atoms with Gasteiger partial charge in [0.25, 0.3) is 0 Å². The Morgan fingerprint density at radius 1 is 1.26 bits per heavy atom. The molecule has 0 aliphatic carbocycles. The van der Waals surface area contributed by atoms with E-state index in [4.69, 9.17) is 4.42 Å². The third-order valence-corrected chi connectivity index (χ3v) is 3.58. The molecular weight excluding hydrogens is 305 g/mol. The monoisotopic (exact) mass is 319 g/mol. The zero-order chi connectivity index (χ0) is 17.0. The Morgan fingerprint density at radius 2 is 1.91 bits per heavy atom. The van der Waals surface area contributed by atoms with Gasteiger partial charge in [0.2, 0.25) is 18.0 Å². The van der Waals surface area contributed by atoms with Gasteiger partial charge in [-0.25, -0.2) is 4.39 Å². The fraction of sp³-hybridized carbons (Fsp3) is 0.250. The van der Waals surface area contributed by atoms with Crippen LogP contribution >= 0.6 is 0 Å². The first-order chi connectivity index (χ1) is 10.9. The molecule has 1 heterocycles. The maximum atomic E-state index is 15.5. The summed E-state index contributed by atoms with van der Waals surface area (Å²) in [5.74, 6) is -3.98. The van der Waals surface area contributed by atoms with Crippen LogP contribution in [0.1, 0.15) is 29.0 Å². The van der Waals surface area contributed by atoms with E-state index in [1.165, 1.54) is 42.7 Å². The van der Waals surface area contributed by atoms with E-state index < -0.39 is 34.6 Å². The molecule has 120 valence electrons. The van der Waals surface area contributed by atoms with Crippen molar-refractivity contribution in [3.63, 3.8) is 0 Å². The average Bonchev–Trinajstić information content (AvgIpc) is 3.05. The lowest BCUT2D eigenvalue weighted by molar-refractivity contribution is -0.485. The lowest BCUT2D eigenvalue weighted by Crippen LogP contribution is -2.48. The lowest BCUT2D eigenvalue weighted by Gasteiger charge is -2.26. The Labute approximate surface area is 131 Å². The van der Waals surface area contributed by atoms with Crippen molar-refractivity contribution in [1.82, 2.24) is 0 Å². The minimum absolute atomic E-state index is 0.0369. The summed E-state index contributed by atoms with van der Waals surface area (Å²) in [6, 6.07) is 10.1. The van der Waals surface area contributed by atoms with Crippen LogP contribution in [0.5, 0.6) is 0 Å². The summed E-state index contributed by atoms with van der Waals surface area (Å²) < 4.78 is 20.5. The van der Waals surface area contributed by atoms with Gasteiger partial charge in [-0.2, -0.15) is 0 Å². The van der Waals surface area contributed by atoms with E-state index in [0.29, 0.717) is 0 Å². The van der Waals surface area contributed by atoms with Crippen LogP contribution in [0, 0.1) is 10.1 Å². The number of alkyl halides is 1. The Balaban J connectivity index is 2.54. The predicted octanol–water partition coefficient (Wildman–Crippen LogP) is 2.82. The maximum absolute atomic E-state index is 15.5. The first kappa shape index (κ1) is 16.5. The number of benzene rings is 1. The molecular formula is C16H14FNO5. The summed E-state index contributed by atoms with van der Waals surface area (Å²) in [7, 11) is 0. The molecule has 0 radical (unpaired) electrons. The van der Waals surface area contributed by atoms with Crippen LogP contribution in [0.3, 0.4) is 0 Å². The van der Waals surface area contributed by atoms with Gasteiger partial charge < -0.3 is 4.42 Å². The van der Waals surface area contributed by atoms with Crippen molar-refractivity contribution in [2.75, 3.05) is 6.54 Å². The molecule has 7 heteroatoms. The molecule has 0 fully saturated rings. The van der Waals surface area contributed by atoms with Crippen LogP contribution in [0.15, 0.2) is 53.1 Å². The number of Topliss-reactive ketones (excluding diaryl/α,β-unsaturated/α-hetero) is 2. The molecule has 0 saturated heterocycles. The fourth-order valence-corrected chi connectivity index (χ4v) is 2.41. The predicted molar refractivity (Wildman–Crippen MR) is 78.6 cm³/mol. The molecule has 0 N–H and O–H groups in total. The highest BCUT2D eigenvalue weighted by Gasteiger charge is 2.55. The first-order valence-electron chi connectivity index (χ1n) is 6.82. The zero-order valence-corrected chi connectivity index (χ0v) is 12.3. The number of hydrogen-bond acceptors (Lipinski definition) is 5. The minimum Gasteiger partial charge on any atom is -0.469 e. The Kier molecular flexibility index (Phi) is 4.68. The molecule has 0 bridgehead atoms. The molecule has 0 unspecified atom stereocenters. The second-order valence-corrected chi connectivity index (χ2v) is 5.05. The van der Waals surface area contributed by atoms with E-state index in [0.717, 1.165) is 6.92 Å². The number of furan rings is 1. The van der Waals surface area contributed by atoms with Crippen LogP contribution in [-0.4, -0.2) is 28.7 Å². The van der Waals surface area contributed by atoms with Gasteiger partial charge in [0.05, 0.1) is 6.26 Å². The molecule has 6 nitrogen and oxygen atoms in total. The smallest absolute Gasteiger partial charge is 0.246 e. The van der Waals surface area contributed by atoms with Gasteiger partial charge in [-0.15, -0.1) is 0 Å². The Morgan fingerprint density at radius 3 is 2.39 bits per heavy atom. The molecule has 0 amide bonds. The number of ketones is 2. The molecule has 2 rings (SSSR count). The number of nitro groups is 1. The minimum atomic E-state index is -3.08. The lowest BCUT2D eigenvalue weighted by atomic mass is 9.78. The highest BCUT2D eigenvalue weighted by Crippen LogP contribution is 2.36. The van der Waals surface area contributed by atoms with Gasteiger partial charge in [-0.05, 0) is 19.1 Å². The van der Waals surface area contributed by atoms with E-state index in [1.807, 2.05) is 0 Å². The fourth-order valence-electron chi connectivity index (χ4n) is 2.41. The van der Waals surface area contributed by atoms with Crippen LogP contribution in [0.2, 0.25) is 0 Å². The summed E-state index contributed by atoms with van der Waals surface area (Å²) >= 11 is 0. The van der Waals surface area contributed by atoms with Crippen molar-refractivity contribution in [3.05, 3.63) is 70.2 Å². The van der Waals surface area contributed by atoms with E-state index in [9.17, 15) is 19.7 Å². The van der Waals surface area contributed by atoms with E-state index in [2.05, 4.69) is 0 Å². The Hall–Kier alpha value is -2.83. The summed E-state index contributed by atoms with van der Waals surface area (Å²) in [6.45, 7) is -0.0428. The van der Waals surface area contributed by atoms with Crippen molar-refractivity contribution in [1.29, 1.82) is 0 Å². The third kappa shape index (κ3) is 3.18. The summed E-state index contributed by atoms with van der Waals surface area (Å²) in [6.07, 6.45) is 1.20. The first-order valence-corrected chi connectivity index (χ1v) is 6.82. The quantitative estimate of drug-likeness (QED) is 0.339. The number of carbonyl (C=O) groups is 2. The second-order valence-electron chi connectivity index (χ2n) is 5.05. The molecule has 1 aromatic carbocycles. The van der Waals surface area contributed by atoms with Crippen molar-refractivity contribution >= 4 is 11.6 Å². The molecule has 2 atom stereocenters.